The molecule has 1 rings (SSSR count). The molecule has 0 bridgehead atoms. The average Bonchev–Trinajstić information content (AvgIpc) is 2.08. The molecule has 1 heterocycles. The maximum absolute atomic E-state index is 11.2. The lowest BCUT2D eigenvalue weighted by molar-refractivity contribution is -0.126. The Bertz CT molecular complexity index is 167. The molecular weight excluding hydrogens is 150 g/mol. The van der Waals surface area contributed by atoms with Gasteiger partial charge in [-0.15, -0.1) is 0 Å². The van der Waals surface area contributed by atoms with E-state index < -0.39 is 0 Å². The van der Waals surface area contributed by atoms with Gasteiger partial charge in [0.15, 0.2) is 0 Å². The first-order valence-corrected chi connectivity index (χ1v) is 4.92. The number of nitrogens with zero attached hydrogens (tertiary/aromatic N) is 1. The molecule has 0 aromatic carbocycles. The molecule has 0 aromatic heterocycles. The Hall–Kier alpha value is -0.370. The van der Waals surface area contributed by atoms with Gasteiger partial charge >= 0.3 is 0 Å². The van der Waals surface area contributed by atoms with E-state index in [0.717, 1.165) is 19.5 Å². The van der Waals surface area contributed by atoms with Crippen LogP contribution >= 0.6 is 0 Å². The molecule has 0 radical (unpaired) electrons. The van der Waals surface area contributed by atoms with Crippen LogP contribution in [0.25, 0.3) is 0 Å². The molecule has 2 unspecified atom stereocenters. The molecule has 70 valence electrons. The van der Waals surface area contributed by atoms with Crippen LogP contribution in [0.5, 0.6) is 0 Å². The van der Waals surface area contributed by atoms with Crippen molar-refractivity contribution in [3.63, 3.8) is 0 Å². The number of hydrogen-bond acceptors (Lipinski definition) is 2. The third-order valence-corrected chi connectivity index (χ3v) is 2.92. The zero-order valence-corrected chi connectivity index (χ0v) is 8.34. The van der Waals surface area contributed by atoms with Crippen molar-refractivity contribution in [2.24, 2.45) is 5.92 Å². The Morgan fingerprint density at radius 3 is 2.83 bits per heavy atom. The first-order valence-electron chi connectivity index (χ1n) is 4.92. The number of carbonyl (C=O) groups excluding carboxylic acids is 1. The van der Waals surface area contributed by atoms with E-state index in [4.69, 9.17) is 0 Å². The zero-order chi connectivity index (χ0) is 9.14. The van der Waals surface area contributed by atoms with Crippen LogP contribution in [0.2, 0.25) is 0 Å². The fraction of sp³-hybridized carbons (Fsp3) is 0.900. The third kappa shape index (κ3) is 2.07. The van der Waals surface area contributed by atoms with E-state index in [1.54, 1.807) is 0 Å². The lowest BCUT2D eigenvalue weighted by Gasteiger charge is -2.34. The summed E-state index contributed by atoms with van der Waals surface area (Å²) < 4.78 is 0. The van der Waals surface area contributed by atoms with Crippen molar-refractivity contribution < 1.29 is 4.79 Å². The molecule has 2 nitrogen and oxygen atoms in total. The minimum absolute atomic E-state index is 0.257. The summed E-state index contributed by atoms with van der Waals surface area (Å²) in [6.07, 6.45) is 1.94. The van der Waals surface area contributed by atoms with Crippen LogP contribution in [0, 0.1) is 5.92 Å². The molecule has 0 amide bonds. The predicted molar refractivity (Wildman–Crippen MR) is 50.1 cm³/mol. The highest BCUT2D eigenvalue weighted by atomic mass is 16.1. The zero-order valence-electron chi connectivity index (χ0n) is 8.34. The van der Waals surface area contributed by atoms with Crippen molar-refractivity contribution in [2.75, 3.05) is 13.1 Å². The molecule has 0 saturated carbocycles. The van der Waals surface area contributed by atoms with Gasteiger partial charge in [0, 0.05) is 31.5 Å². The van der Waals surface area contributed by atoms with Crippen LogP contribution in [0.1, 0.15) is 33.6 Å². The van der Waals surface area contributed by atoms with Gasteiger partial charge in [0.25, 0.3) is 0 Å². The summed E-state index contributed by atoms with van der Waals surface area (Å²) in [5, 5.41) is 0. The number of rotatable bonds is 2. The van der Waals surface area contributed by atoms with Gasteiger partial charge in [0.05, 0.1) is 0 Å². The Kier molecular flexibility index (Phi) is 3.27. The molecule has 2 heteroatoms. The second-order valence-corrected chi connectivity index (χ2v) is 3.87. The van der Waals surface area contributed by atoms with Crippen LogP contribution < -0.4 is 0 Å². The molecule has 1 saturated heterocycles. The number of hydrogen-bond donors (Lipinski definition) is 0. The molecule has 0 aromatic rings. The summed E-state index contributed by atoms with van der Waals surface area (Å²) in [4.78, 5) is 13.6. The van der Waals surface area contributed by atoms with Gasteiger partial charge in [0.2, 0.25) is 0 Å². The highest BCUT2D eigenvalue weighted by Gasteiger charge is 2.25. The molecular formula is C10H19NO. The van der Waals surface area contributed by atoms with E-state index in [9.17, 15) is 4.79 Å². The molecule has 2 atom stereocenters. The average molecular weight is 169 g/mol. The van der Waals surface area contributed by atoms with Crippen molar-refractivity contribution in [2.45, 2.75) is 39.7 Å². The predicted octanol–water partition coefficient (Wildman–Crippen LogP) is 1.70. The molecule has 1 fully saturated rings. The van der Waals surface area contributed by atoms with E-state index in [0.29, 0.717) is 11.8 Å². The Morgan fingerprint density at radius 2 is 2.33 bits per heavy atom. The van der Waals surface area contributed by atoms with Crippen LogP contribution in [0.15, 0.2) is 0 Å². The standard InChI is InChI=1S/C10H19NO/c1-4-9(3)11-6-5-10(12)8(2)7-11/h8-9H,4-7H2,1-3H3. The molecule has 1 aliphatic rings. The number of Topliss-reactive ketones (excluding diaryl/α,β-unsaturated/α-hetero) is 1. The quantitative estimate of drug-likeness (QED) is 0.627. The normalized spacial score (nSPS) is 28.9. The Balaban J connectivity index is 2.45. The maximum Gasteiger partial charge on any atom is 0.138 e. The van der Waals surface area contributed by atoms with Gasteiger partial charge in [-0.25, -0.2) is 0 Å². The number of carbonyl (C=O) groups is 1. The summed E-state index contributed by atoms with van der Waals surface area (Å²) >= 11 is 0. The third-order valence-electron chi connectivity index (χ3n) is 2.92. The Labute approximate surface area is 74.9 Å². The molecule has 12 heavy (non-hydrogen) atoms. The van der Waals surface area contributed by atoms with Gasteiger partial charge in [-0.05, 0) is 13.3 Å². The number of piperidine rings is 1. The highest BCUT2D eigenvalue weighted by molar-refractivity contribution is 5.81. The molecule has 0 aliphatic carbocycles. The van der Waals surface area contributed by atoms with Crippen molar-refractivity contribution in [3.05, 3.63) is 0 Å². The minimum atomic E-state index is 0.257. The van der Waals surface area contributed by atoms with Gasteiger partial charge in [0.1, 0.15) is 5.78 Å². The van der Waals surface area contributed by atoms with Crippen molar-refractivity contribution in [1.82, 2.24) is 4.90 Å². The van der Waals surface area contributed by atoms with Gasteiger partial charge < -0.3 is 0 Å². The fourth-order valence-electron chi connectivity index (χ4n) is 1.70. The minimum Gasteiger partial charge on any atom is -0.300 e. The van der Waals surface area contributed by atoms with Gasteiger partial charge in [-0.2, -0.15) is 0 Å². The lowest BCUT2D eigenvalue weighted by atomic mass is 9.97. The molecule has 0 spiro atoms. The lowest BCUT2D eigenvalue weighted by Crippen LogP contribution is -2.44. The van der Waals surface area contributed by atoms with E-state index in [-0.39, 0.29) is 5.92 Å². The maximum atomic E-state index is 11.2. The van der Waals surface area contributed by atoms with E-state index >= 15 is 0 Å². The first kappa shape index (κ1) is 9.72. The smallest absolute Gasteiger partial charge is 0.138 e. The van der Waals surface area contributed by atoms with E-state index in [1.165, 1.54) is 6.42 Å². The van der Waals surface area contributed by atoms with Crippen LogP contribution in [0.4, 0.5) is 0 Å². The number of likely N-dealkylation sites (tertiary alicyclic amines) is 1. The summed E-state index contributed by atoms with van der Waals surface area (Å²) in [6.45, 7) is 8.41. The Morgan fingerprint density at radius 1 is 1.67 bits per heavy atom. The van der Waals surface area contributed by atoms with Gasteiger partial charge in [-0.1, -0.05) is 13.8 Å². The second kappa shape index (κ2) is 4.04. The largest absolute Gasteiger partial charge is 0.300 e. The van der Waals surface area contributed by atoms with Gasteiger partial charge in [-0.3, -0.25) is 9.69 Å². The van der Waals surface area contributed by atoms with Crippen molar-refractivity contribution in [3.8, 4) is 0 Å². The fourth-order valence-corrected chi connectivity index (χ4v) is 1.70. The molecule has 0 N–H and O–H groups in total. The monoisotopic (exact) mass is 169 g/mol. The second-order valence-electron chi connectivity index (χ2n) is 3.87. The van der Waals surface area contributed by atoms with Crippen LogP contribution in [-0.2, 0) is 4.79 Å². The van der Waals surface area contributed by atoms with Crippen LogP contribution in [-0.4, -0.2) is 29.8 Å². The number of ketones is 1. The summed E-state index contributed by atoms with van der Waals surface area (Å²) in [5.41, 5.74) is 0. The summed E-state index contributed by atoms with van der Waals surface area (Å²) in [5.74, 6) is 0.697. The highest BCUT2D eigenvalue weighted by Crippen LogP contribution is 2.15. The van der Waals surface area contributed by atoms with Crippen LogP contribution in [0.3, 0.4) is 0 Å². The van der Waals surface area contributed by atoms with Crippen molar-refractivity contribution >= 4 is 5.78 Å². The SMILES string of the molecule is CCC(C)N1CCC(=O)C(C)C1. The van der Waals surface area contributed by atoms with Crippen molar-refractivity contribution in [1.29, 1.82) is 0 Å². The summed E-state index contributed by atoms with van der Waals surface area (Å²) in [6, 6.07) is 0.639. The molecule has 1 aliphatic heterocycles. The first-order chi connectivity index (χ1) is 5.65. The summed E-state index contributed by atoms with van der Waals surface area (Å²) in [7, 11) is 0. The topological polar surface area (TPSA) is 20.3 Å². The van der Waals surface area contributed by atoms with E-state index in [2.05, 4.69) is 18.7 Å². The van der Waals surface area contributed by atoms with E-state index in [1.807, 2.05) is 6.92 Å².